The number of urea groups is 1. The SMILES string of the molecule is COC(=O)CC[C@H](N)C(=O)N1CCCC[C@H]1C(=O)N[C@@H](Cc1ccc2ccccc2c1)C(=O)N[C@@H](CCCNC(N)=O)C(N)=O. The molecule has 1 aliphatic rings. The lowest BCUT2D eigenvalue weighted by atomic mass is 9.97. The normalized spacial score (nSPS) is 16.6. The van der Waals surface area contributed by atoms with E-state index in [-0.39, 0.29) is 32.2 Å². The summed E-state index contributed by atoms with van der Waals surface area (Å²) in [5.41, 5.74) is 17.5. The van der Waals surface area contributed by atoms with E-state index in [4.69, 9.17) is 17.2 Å². The molecule has 6 amide bonds. The van der Waals surface area contributed by atoms with Gasteiger partial charge in [0.1, 0.15) is 18.1 Å². The second-order valence-corrected chi connectivity index (χ2v) is 11.1. The molecule has 0 saturated carbocycles. The van der Waals surface area contributed by atoms with Gasteiger partial charge in [0.15, 0.2) is 0 Å². The summed E-state index contributed by atoms with van der Waals surface area (Å²) in [6.45, 7) is 0.479. The number of carbonyl (C=O) groups excluding carboxylic acids is 6. The third kappa shape index (κ3) is 10.4. The Kier molecular flexibility index (Phi) is 13.1. The van der Waals surface area contributed by atoms with Gasteiger partial charge in [0.2, 0.25) is 23.6 Å². The summed E-state index contributed by atoms with van der Waals surface area (Å²) >= 11 is 0. The molecular formula is C31H43N7O7. The van der Waals surface area contributed by atoms with Gasteiger partial charge in [0, 0.05) is 25.9 Å². The summed E-state index contributed by atoms with van der Waals surface area (Å²) in [6, 6.07) is 8.61. The number of piperidine rings is 1. The van der Waals surface area contributed by atoms with Crippen LogP contribution in [0.2, 0.25) is 0 Å². The van der Waals surface area contributed by atoms with E-state index in [2.05, 4.69) is 20.7 Å². The van der Waals surface area contributed by atoms with E-state index in [0.29, 0.717) is 32.2 Å². The zero-order chi connectivity index (χ0) is 32.9. The van der Waals surface area contributed by atoms with Crippen LogP contribution >= 0.6 is 0 Å². The highest BCUT2D eigenvalue weighted by Gasteiger charge is 2.36. The van der Waals surface area contributed by atoms with Crippen LogP contribution in [0, 0.1) is 0 Å². The van der Waals surface area contributed by atoms with Crippen molar-refractivity contribution in [3.05, 3.63) is 48.0 Å². The van der Waals surface area contributed by atoms with Crippen molar-refractivity contribution >= 4 is 46.4 Å². The highest BCUT2D eigenvalue weighted by Crippen LogP contribution is 2.21. The lowest BCUT2D eigenvalue weighted by Gasteiger charge is -2.37. The molecule has 0 aromatic heterocycles. The average molecular weight is 626 g/mol. The molecule has 45 heavy (non-hydrogen) atoms. The van der Waals surface area contributed by atoms with E-state index >= 15 is 0 Å². The second kappa shape index (κ2) is 16.9. The van der Waals surface area contributed by atoms with Gasteiger partial charge in [0.05, 0.1) is 13.2 Å². The number of esters is 1. The van der Waals surface area contributed by atoms with Crippen LogP contribution in [0.1, 0.15) is 50.5 Å². The van der Waals surface area contributed by atoms with Gasteiger partial charge in [0.25, 0.3) is 0 Å². The summed E-state index contributed by atoms with van der Waals surface area (Å²) in [5, 5.41) is 9.81. The Morgan fingerprint density at radius 1 is 0.956 bits per heavy atom. The minimum Gasteiger partial charge on any atom is -0.469 e. The highest BCUT2D eigenvalue weighted by atomic mass is 16.5. The third-order valence-corrected chi connectivity index (χ3v) is 7.81. The molecule has 14 nitrogen and oxygen atoms in total. The van der Waals surface area contributed by atoms with E-state index in [1.54, 1.807) is 0 Å². The molecule has 0 aliphatic carbocycles. The summed E-state index contributed by atoms with van der Waals surface area (Å²) < 4.78 is 4.63. The van der Waals surface area contributed by atoms with Crippen molar-refractivity contribution in [2.45, 2.75) is 75.5 Å². The minimum absolute atomic E-state index is 0.0399. The lowest BCUT2D eigenvalue weighted by molar-refractivity contribution is -0.145. The molecule has 1 fully saturated rings. The summed E-state index contributed by atoms with van der Waals surface area (Å²) in [6.07, 6.45) is 2.28. The fourth-order valence-electron chi connectivity index (χ4n) is 5.33. The quantitative estimate of drug-likeness (QED) is 0.116. The van der Waals surface area contributed by atoms with Gasteiger partial charge in [-0.15, -0.1) is 0 Å². The molecular weight excluding hydrogens is 582 g/mol. The first-order valence-corrected chi connectivity index (χ1v) is 15.0. The molecule has 1 saturated heterocycles. The standard InChI is InChI=1S/C31H43N7O7/c1-45-26(39)14-13-22(32)30(43)38-16-5-4-10-25(38)29(42)37-24(18-19-11-12-20-7-2-3-8-21(20)17-19)28(41)36-23(27(33)40)9-6-15-35-31(34)44/h2-3,7-8,11-12,17,22-25H,4-6,9-10,13-16,18,32H2,1H3,(H2,33,40)(H,36,41)(H,37,42)(H3,34,35,44)/t22-,23-,24-,25-/m0/s1. The fraction of sp³-hybridized carbons (Fsp3) is 0.484. The molecule has 2 aromatic carbocycles. The molecule has 1 heterocycles. The number of amides is 6. The highest BCUT2D eigenvalue weighted by molar-refractivity contribution is 5.95. The van der Waals surface area contributed by atoms with Crippen molar-refractivity contribution in [3.8, 4) is 0 Å². The fourth-order valence-corrected chi connectivity index (χ4v) is 5.33. The van der Waals surface area contributed by atoms with Crippen LogP contribution in [0.4, 0.5) is 4.79 Å². The Morgan fingerprint density at radius 3 is 2.38 bits per heavy atom. The van der Waals surface area contributed by atoms with Crippen molar-refractivity contribution in [1.29, 1.82) is 0 Å². The van der Waals surface area contributed by atoms with Crippen LogP contribution in [-0.2, 0) is 35.1 Å². The number of likely N-dealkylation sites (tertiary alicyclic amines) is 1. The van der Waals surface area contributed by atoms with Gasteiger partial charge in [-0.1, -0.05) is 42.5 Å². The predicted octanol–water partition coefficient (Wildman–Crippen LogP) is -0.0527. The number of hydrogen-bond donors (Lipinski definition) is 6. The van der Waals surface area contributed by atoms with E-state index in [0.717, 1.165) is 16.3 Å². The monoisotopic (exact) mass is 625 g/mol. The largest absolute Gasteiger partial charge is 0.469 e. The van der Waals surface area contributed by atoms with Gasteiger partial charge in [-0.2, -0.15) is 0 Å². The Morgan fingerprint density at radius 2 is 1.69 bits per heavy atom. The number of nitrogens with zero attached hydrogens (tertiary/aromatic N) is 1. The maximum atomic E-state index is 13.7. The third-order valence-electron chi connectivity index (χ3n) is 7.81. The maximum absolute atomic E-state index is 13.7. The molecule has 1 aliphatic heterocycles. The first-order valence-electron chi connectivity index (χ1n) is 15.0. The zero-order valence-electron chi connectivity index (χ0n) is 25.5. The molecule has 3 rings (SSSR count). The molecule has 0 spiro atoms. The molecule has 9 N–H and O–H groups in total. The topological polar surface area (TPSA) is 229 Å². The van der Waals surface area contributed by atoms with Crippen LogP contribution in [0.15, 0.2) is 42.5 Å². The minimum atomic E-state index is -1.11. The number of methoxy groups -OCH3 is 1. The number of rotatable bonds is 15. The van der Waals surface area contributed by atoms with Gasteiger partial charge >= 0.3 is 12.0 Å². The number of primary amides is 2. The number of fused-ring (bicyclic) bond motifs is 1. The van der Waals surface area contributed by atoms with E-state index < -0.39 is 59.8 Å². The Labute approximate surface area is 261 Å². The van der Waals surface area contributed by atoms with Gasteiger partial charge < -0.3 is 42.8 Å². The van der Waals surface area contributed by atoms with E-state index in [1.807, 2.05) is 42.5 Å². The number of carbonyl (C=O) groups is 6. The van der Waals surface area contributed by atoms with Crippen LogP contribution in [0.5, 0.6) is 0 Å². The van der Waals surface area contributed by atoms with Crippen molar-refractivity contribution in [1.82, 2.24) is 20.9 Å². The van der Waals surface area contributed by atoms with Crippen molar-refractivity contribution in [2.24, 2.45) is 17.2 Å². The molecule has 4 atom stereocenters. The molecule has 0 bridgehead atoms. The van der Waals surface area contributed by atoms with Gasteiger partial charge in [-0.05, 0) is 54.9 Å². The smallest absolute Gasteiger partial charge is 0.312 e. The predicted molar refractivity (Wildman–Crippen MR) is 166 cm³/mol. The van der Waals surface area contributed by atoms with E-state index in [1.165, 1.54) is 12.0 Å². The van der Waals surface area contributed by atoms with Crippen LogP contribution < -0.4 is 33.2 Å². The summed E-state index contributed by atoms with van der Waals surface area (Å²) in [7, 11) is 1.25. The first kappa shape index (κ1) is 34.8. The molecule has 0 radical (unpaired) electrons. The summed E-state index contributed by atoms with van der Waals surface area (Å²) in [4.78, 5) is 76.7. The van der Waals surface area contributed by atoms with Crippen LogP contribution in [0.3, 0.4) is 0 Å². The van der Waals surface area contributed by atoms with Crippen molar-refractivity contribution in [3.63, 3.8) is 0 Å². The average Bonchev–Trinajstić information content (AvgIpc) is 3.03. The number of hydrogen-bond acceptors (Lipinski definition) is 8. The second-order valence-electron chi connectivity index (χ2n) is 11.1. The Hall–Kier alpha value is -4.72. The molecule has 2 aromatic rings. The van der Waals surface area contributed by atoms with Crippen LogP contribution in [0.25, 0.3) is 10.8 Å². The Balaban J connectivity index is 1.80. The molecule has 14 heteroatoms. The maximum Gasteiger partial charge on any atom is 0.312 e. The Bertz CT molecular complexity index is 1390. The number of benzene rings is 2. The van der Waals surface area contributed by atoms with Gasteiger partial charge in [-0.3, -0.25) is 24.0 Å². The number of ether oxygens (including phenoxy) is 1. The van der Waals surface area contributed by atoms with Crippen molar-refractivity contribution in [2.75, 3.05) is 20.2 Å². The van der Waals surface area contributed by atoms with E-state index in [9.17, 15) is 28.8 Å². The number of nitrogens with two attached hydrogens (primary N) is 3. The first-order chi connectivity index (χ1) is 21.5. The van der Waals surface area contributed by atoms with Gasteiger partial charge in [-0.25, -0.2) is 4.79 Å². The van der Waals surface area contributed by atoms with Crippen LogP contribution in [-0.4, -0.2) is 84.9 Å². The lowest BCUT2D eigenvalue weighted by Crippen LogP contribution is -2.60. The molecule has 244 valence electrons. The summed E-state index contributed by atoms with van der Waals surface area (Å²) in [5.74, 6) is -2.90. The zero-order valence-corrected chi connectivity index (χ0v) is 25.5. The number of nitrogens with one attached hydrogen (secondary N) is 3. The van der Waals surface area contributed by atoms with Crippen molar-refractivity contribution < 1.29 is 33.5 Å². The molecule has 0 unspecified atom stereocenters.